The summed E-state index contributed by atoms with van der Waals surface area (Å²) in [7, 11) is -3.68. The lowest BCUT2D eigenvalue weighted by molar-refractivity contribution is 0.262. The maximum atomic E-state index is 12.1. The van der Waals surface area contributed by atoms with E-state index in [2.05, 4.69) is 6.92 Å². The minimum atomic E-state index is -3.68. The molecule has 1 aromatic rings. The smallest absolute Gasteiger partial charge is 0.297 e. The largest absolute Gasteiger partial charge is 0.367 e. The van der Waals surface area contributed by atoms with Crippen LogP contribution in [0.1, 0.15) is 70.3 Å². The molecule has 1 saturated heterocycles. The standard InChI is InChI=1S/C20H32O4S/c1-3-4-5-6-7-8-9-10-11-19-20(24-19)16-23-25(21,22)18-14-12-17(2)13-15-18/h12-15,19-20H,3-11,16H2,1-2H3/t19-,20+/m0/s1. The van der Waals surface area contributed by atoms with Crippen LogP contribution in [-0.2, 0) is 19.0 Å². The van der Waals surface area contributed by atoms with Gasteiger partial charge in [0.2, 0.25) is 0 Å². The van der Waals surface area contributed by atoms with Gasteiger partial charge < -0.3 is 4.74 Å². The Balaban J connectivity index is 1.55. The topological polar surface area (TPSA) is 55.9 Å². The molecule has 0 radical (unpaired) electrons. The van der Waals surface area contributed by atoms with Crippen molar-refractivity contribution in [3.63, 3.8) is 0 Å². The second-order valence-corrected chi connectivity index (χ2v) is 8.64. The molecule has 2 atom stereocenters. The van der Waals surface area contributed by atoms with Crippen LogP contribution in [0, 0.1) is 6.92 Å². The minimum absolute atomic E-state index is 0.0650. The molecular formula is C20H32O4S. The monoisotopic (exact) mass is 368 g/mol. The van der Waals surface area contributed by atoms with E-state index in [1.807, 2.05) is 6.92 Å². The summed E-state index contributed by atoms with van der Waals surface area (Å²) in [6, 6.07) is 6.71. The third kappa shape index (κ3) is 7.47. The predicted molar refractivity (Wildman–Crippen MR) is 100 cm³/mol. The normalized spacial score (nSPS) is 19.9. The van der Waals surface area contributed by atoms with Crippen LogP contribution in [0.15, 0.2) is 29.2 Å². The molecule has 1 aliphatic rings. The average Bonchev–Trinajstić information content (AvgIpc) is 3.34. The van der Waals surface area contributed by atoms with Crippen molar-refractivity contribution in [2.24, 2.45) is 0 Å². The highest BCUT2D eigenvalue weighted by Crippen LogP contribution is 2.29. The van der Waals surface area contributed by atoms with Crippen molar-refractivity contribution in [2.45, 2.75) is 88.7 Å². The molecule has 1 aliphatic heterocycles. The van der Waals surface area contributed by atoms with E-state index in [1.54, 1.807) is 24.3 Å². The molecule has 0 bridgehead atoms. The van der Waals surface area contributed by atoms with Crippen LogP contribution in [0.25, 0.3) is 0 Å². The molecule has 5 heteroatoms. The van der Waals surface area contributed by atoms with Crippen LogP contribution in [0.4, 0.5) is 0 Å². The maximum Gasteiger partial charge on any atom is 0.297 e. The first kappa shape index (κ1) is 20.4. The number of hydrogen-bond donors (Lipinski definition) is 0. The summed E-state index contributed by atoms with van der Waals surface area (Å²) in [5.74, 6) is 0. The van der Waals surface area contributed by atoms with Crippen molar-refractivity contribution in [2.75, 3.05) is 6.61 Å². The fourth-order valence-electron chi connectivity index (χ4n) is 2.99. The SMILES string of the molecule is CCCCCCCCCC[C@@H]1O[C@@H]1COS(=O)(=O)c1ccc(C)cc1. The van der Waals surface area contributed by atoms with Gasteiger partial charge in [-0.2, -0.15) is 8.42 Å². The summed E-state index contributed by atoms with van der Waals surface area (Å²) in [5, 5.41) is 0. The summed E-state index contributed by atoms with van der Waals surface area (Å²) in [6.07, 6.45) is 11.5. The molecule has 142 valence electrons. The van der Waals surface area contributed by atoms with Crippen LogP contribution in [-0.4, -0.2) is 27.2 Å². The van der Waals surface area contributed by atoms with Gasteiger partial charge in [0.1, 0.15) is 6.10 Å². The zero-order valence-electron chi connectivity index (χ0n) is 15.6. The summed E-state index contributed by atoms with van der Waals surface area (Å²) >= 11 is 0. The van der Waals surface area contributed by atoms with Gasteiger partial charge in [-0.1, -0.05) is 76.0 Å². The van der Waals surface area contributed by atoms with Gasteiger partial charge in [-0.3, -0.25) is 4.18 Å². The van der Waals surface area contributed by atoms with Crippen LogP contribution >= 0.6 is 0 Å². The molecule has 25 heavy (non-hydrogen) atoms. The van der Waals surface area contributed by atoms with E-state index in [1.165, 1.54) is 44.9 Å². The van der Waals surface area contributed by atoms with Crippen molar-refractivity contribution >= 4 is 10.1 Å². The van der Waals surface area contributed by atoms with Gasteiger partial charge >= 0.3 is 0 Å². The highest BCUT2D eigenvalue weighted by Gasteiger charge is 2.39. The number of benzene rings is 1. The third-order valence-corrected chi connectivity index (χ3v) is 6.02. The molecule has 0 aliphatic carbocycles. The first-order valence-electron chi connectivity index (χ1n) is 9.64. The van der Waals surface area contributed by atoms with E-state index in [0.717, 1.165) is 18.4 Å². The van der Waals surface area contributed by atoms with E-state index < -0.39 is 10.1 Å². The zero-order chi connectivity index (χ0) is 18.1. The second kappa shape index (κ2) is 10.3. The number of aryl methyl sites for hydroxylation is 1. The third-order valence-electron chi connectivity index (χ3n) is 4.73. The zero-order valence-corrected chi connectivity index (χ0v) is 16.4. The Hall–Kier alpha value is -0.910. The van der Waals surface area contributed by atoms with Gasteiger partial charge in [-0.15, -0.1) is 0 Å². The van der Waals surface area contributed by atoms with Crippen LogP contribution in [0.2, 0.25) is 0 Å². The van der Waals surface area contributed by atoms with Gasteiger partial charge in [-0.05, 0) is 25.5 Å². The summed E-state index contributed by atoms with van der Waals surface area (Å²) in [6.45, 7) is 4.28. The Labute approximate surface area is 153 Å². The van der Waals surface area contributed by atoms with E-state index in [-0.39, 0.29) is 23.7 Å². The first-order valence-corrected chi connectivity index (χ1v) is 11.1. The van der Waals surface area contributed by atoms with Gasteiger partial charge in [0, 0.05) is 0 Å². The molecule has 0 amide bonds. The number of hydrogen-bond acceptors (Lipinski definition) is 4. The molecule has 0 unspecified atom stereocenters. The lowest BCUT2D eigenvalue weighted by Crippen LogP contribution is -2.12. The van der Waals surface area contributed by atoms with Crippen molar-refractivity contribution in [3.05, 3.63) is 29.8 Å². The van der Waals surface area contributed by atoms with E-state index in [9.17, 15) is 8.42 Å². The highest BCUT2D eigenvalue weighted by atomic mass is 32.2. The number of epoxide rings is 1. The number of ether oxygens (including phenoxy) is 1. The predicted octanol–water partition coefficient (Wildman–Crippen LogP) is 5.00. The summed E-state index contributed by atoms with van der Waals surface area (Å²) < 4.78 is 34.9. The van der Waals surface area contributed by atoms with Gasteiger partial charge in [-0.25, -0.2) is 0 Å². The molecule has 4 nitrogen and oxygen atoms in total. The Kier molecular flexibility index (Phi) is 8.40. The molecule has 1 aromatic carbocycles. The van der Waals surface area contributed by atoms with Crippen LogP contribution in [0.5, 0.6) is 0 Å². The Morgan fingerprint density at radius 1 is 0.920 bits per heavy atom. The average molecular weight is 369 g/mol. The molecule has 0 aromatic heterocycles. The second-order valence-electron chi connectivity index (χ2n) is 7.03. The Morgan fingerprint density at radius 2 is 1.52 bits per heavy atom. The first-order chi connectivity index (χ1) is 12.0. The molecule has 0 saturated carbocycles. The minimum Gasteiger partial charge on any atom is -0.367 e. The lowest BCUT2D eigenvalue weighted by atomic mass is 10.1. The molecule has 1 heterocycles. The Bertz CT molecular complexity index is 595. The van der Waals surface area contributed by atoms with Gasteiger partial charge in [0.15, 0.2) is 0 Å². The van der Waals surface area contributed by atoms with E-state index in [0.29, 0.717) is 0 Å². The Morgan fingerprint density at radius 3 is 2.16 bits per heavy atom. The molecule has 1 fully saturated rings. The van der Waals surface area contributed by atoms with E-state index >= 15 is 0 Å². The number of unbranched alkanes of at least 4 members (excludes halogenated alkanes) is 7. The molecule has 0 spiro atoms. The van der Waals surface area contributed by atoms with Crippen LogP contribution < -0.4 is 0 Å². The molecule has 2 rings (SSSR count). The van der Waals surface area contributed by atoms with Crippen LogP contribution in [0.3, 0.4) is 0 Å². The fraction of sp³-hybridized carbons (Fsp3) is 0.700. The van der Waals surface area contributed by atoms with Crippen molar-refractivity contribution in [1.82, 2.24) is 0 Å². The molecule has 0 N–H and O–H groups in total. The lowest BCUT2D eigenvalue weighted by Gasteiger charge is -2.04. The van der Waals surface area contributed by atoms with Gasteiger partial charge in [0.25, 0.3) is 10.1 Å². The van der Waals surface area contributed by atoms with Gasteiger partial charge in [0.05, 0.1) is 17.6 Å². The highest BCUT2D eigenvalue weighted by molar-refractivity contribution is 7.86. The maximum absolute atomic E-state index is 12.1. The van der Waals surface area contributed by atoms with Crippen molar-refractivity contribution in [3.8, 4) is 0 Å². The fourth-order valence-corrected chi connectivity index (χ4v) is 3.91. The quantitative estimate of drug-likeness (QED) is 0.279. The van der Waals surface area contributed by atoms with Crippen molar-refractivity contribution < 1.29 is 17.3 Å². The number of rotatable bonds is 13. The molecular weight excluding hydrogens is 336 g/mol. The van der Waals surface area contributed by atoms with Crippen molar-refractivity contribution in [1.29, 1.82) is 0 Å². The van der Waals surface area contributed by atoms with E-state index in [4.69, 9.17) is 8.92 Å². The summed E-state index contributed by atoms with van der Waals surface area (Å²) in [5.41, 5.74) is 1.02. The summed E-state index contributed by atoms with van der Waals surface area (Å²) in [4.78, 5) is 0.207.